The van der Waals surface area contributed by atoms with E-state index in [2.05, 4.69) is 24.1 Å². The van der Waals surface area contributed by atoms with Crippen molar-refractivity contribution < 1.29 is 9.59 Å². The lowest BCUT2D eigenvalue weighted by atomic mass is 9.94. The zero-order chi connectivity index (χ0) is 23.8. The Labute approximate surface area is 199 Å². The molecule has 0 saturated carbocycles. The standard InChI is InChI=1S/C24H31ClN6O2/c1-16(2)31-14-19-20(22(31)33)26-23(30-11-9-29(15-32)10-12-30)27-21(19)28-24(3,4)13-17-5-7-18(25)8-6-17/h5-8,15-16H,9-14H2,1-4H3,(H,26,27,28). The molecule has 1 aromatic heterocycles. The molecule has 2 aromatic rings. The summed E-state index contributed by atoms with van der Waals surface area (Å²) in [6, 6.07) is 7.91. The lowest BCUT2D eigenvalue weighted by Crippen LogP contribution is -2.46. The van der Waals surface area contributed by atoms with Crippen molar-refractivity contribution in [3.8, 4) is 0 Å². The summed E-state index contributed by atoms with van der Waals surface area (Å²) in [5.74, 6) is 1.17. The van der Waals surface area contributed by atoms with E-state index in [4.69, 9.17) is 16.6 Å². The van der Waals surface area contributed by atoms with Crippen LogP contribution >= 0.6 is 11.6 Å². The number of piperazine rings is 1. The molecule has 0 atom stereocenters. The first-order valence-electron chi connectivity index (χ1n) is 11.4. The van der Waals surface area contributed by atoms with E-state index in [9.17, 15) is 9.59 Å². The number of carbonyl (C=O) groups excluding carboxylic acids is 2. The minimum atomic E-state index is -0.322. The van der Waals surface area contributed by atoms with Crippen LogP contribution in [0.2, 0.25) is 5.02 Å². The van der Waals surface area contributed by atoms with E-state index in [-0.39, 0.29) is 17.5 Å². The van der Waals surface area contributed by atoms with Crippen LogP contribution in [0.25, 0.3) is 0 Å². The molecule has 2 amide bonds. The first-order valence-corrected chi connectivity index (χ1v) is 11.7. The van der Waals surface area contributed by atoms with E-state index in [1.807, 2.05) is 47.9 Å². The SMILES string of the molecule is CC(C)N1Cc2c(NC(C)(C)Cc3ccc(Cl)cc3)nc(N3CCN(C=O)CC3)nc2C1=O. The fraction of sp³-hybridized carbons (Fsp3) is 0.500. The lowest BCUT2D eigenvalue weighted by Gasteiger charge is -2.33. The van der Waals surface area contributed by atoms with Crippen LogP contribution in [0.3, 0.4) is 0 Å². The Morgan fingerprint density at radius 2 is 1.79 bits per heavy atom. The Kier molecular flexibility index (Phi) is 6.47. The van der Waals surface area contributed by atoms with Gasteiger partial charge in [-0.05, 0) is 51.8 Å². The summed E-state index contributed by atoms with van der Waals surface area (Å²) < 4.78 is 0. The number of aromatic nitrogens is 2. The Morgan fingerprint density at radius 1 is 1.12 bits per heavy atom. The molecule has 0 spiro atoms. The van der Waals surface area contributed by atoms with Crippen molar-refractivity contribution in [2.45, 2.75) is 52.2 Å². The molecule has 8 nitrogen and oxygen atoms in total. The second-order valence-corrected chi connectivity index (χ2v) is 10.1. The molecule has 1 fully saturated rings. The van der Waals surface area contributed by atoms with Gasteiger partial charge < -0.3 is 20.0 Å². The van der Waals surface area contributed by atoms with Crippen LogP contribution in [0.15, 0.2) is 24.3 Å². The predicted molar refractivity (Wildman–Crippen MR) is 130 cm³/mol. The van der Waals surface area contributed by atoms with Crippen molar-refractivity contribution >= 4 is 35.7 Å². The summed E-state index contributed by atoms with van der Waals surface area (Å²) in [4.78, 5) is 39.4. The first-order chi connectivity index (χ1) is 15.7. The van der Waals surface area contributed by atoms with Crippen LogP contribution in [0.1, 0.15) is 49.3 Å². The highest BCUT2D eigenvalue weighted by atomic mass is 35.5. The fourth-order valence-corrected chi connectivity index (χ4v) is 4.47. The molecule has 1 saturated heterocycles. The highest BCUT2D eigenvalue weighted by molar-refractivity contribution is 6.30. The molecule has 3 heterocycles. The predicted octanol–water partition coefficient (Wildman–Crippen LogP) is 3.21. The molecule has 2 aliphatic heterocycles. The average molecular weight is 471 g/mol. The Bertz CT molecular complexity index is 1030. The fourth-order valence-electron chi connectivity index (χ4n) is 4.34. The van der Waals surface area contributed by atoms with Crippen molar-refractivity contribution in [1.29, 1.82) is 0 Å². The number of hydrogen-bond acceptors (Lipinski definition) is 6. The summed E-state index contributed by atoms with van der Waals surface area (Å²) in [6.45, 7) is 11.2. The molecule has 33 heavy (non-hydrogen) atoms. The molecule has 0 bridgehead atoms. The molecule has 1 aromatic carbocycles. The average Bonchev–Trinajstić information content (AvgIpc) is 3.12. The van der Waals surface area contributed by atoms with Gasteiger partial charge in [0.05, 0.1) is 6.54 Å². The number of carbonyl (C=O) groups is 2. The molecular formula is C24H31ClN6O2. The molecule has 0 radical (unpaired) electrons. The first kappa shape index (κ1) is 23.3. The van der Waals surface area contributed by atoms with Crippen molar-refractivity contribution in [3.05, 3.63) is 46.1 Å². The quantitative estimate of drug-likeness (QED) is 0.626. The number of hydrogen-bond donors (Lipinski definition) is 1. The van der Waals surface area contributed by atoms with E-state index in [1.165, 1.54) is 0 Å². The van der Waals surface area contributed by atoms with Gasteiger partial charge >= 0.3 is 0 Å². The van der Waals surface area contributed by atoms with Gasteiger partial charge in [-0.25, -0.2) is 4.98 Å². The zero-order valence-electron chi connectivity index (χ0n) is 19.6. The third kappa shape index (κ3) is 5.05. The molecule has 1 N–H and O–H groups in total. The van der Waals surface area contributed by atoms with Gasteiger partial charge in [-0.3, -0.25) is 9.59 Å². The summed E-state index contributed by atoms with van der Waals surface area (Å²) in [5, 5.41) is 4.32. The van der Waals surface area contributed by atoms with Gasteiger partial charge in [0.15, 0.2) is 0 Å². The Hall–Kier alpha value is -2.87. The molecule has 0 unspecified atom stereocenters. The largest absolute Gasteiger partial charge is 0.364 e. The van der Waals surface area contributed by atoms with Gasteiger partial charge in [0.1, 0.15) is 11.5 Å². The molecule has 0 aliphatic carbocycles. The van der Waals surface area contributed by atoms with Crippen molar-refractivity contribution in [2.75, 3.05) is 36.4 Å². The van der Waals surface area contributed by atoms with Gasteiger partial charge in [-0.2, -0.15) is 4.98 Å². The minimum Gasteiger partial charge on any atom is -0.364 e. The second kappa shape index (κ2) is 9.17. The van der Waals surface area contributed by atoms with E-state index in [0.29, 0.717) is 55.2 Å². The maximum absolute atomic E-state index is 13.1. The summed E-state index contributed by atoms with van der Waals surface area (Å²) >= 11 is 6.04. The normalized spacial score (nSPS) is 16.4. The third-order valence-electron chi connectivity index (χ3n) is 6.17. The number of nitrogens with zero attached hydrogens (tertiary/aromatic N) is 5. The van der Waals surface area contributed by atoms with Crippen LogP contribution in [-0.2, 0) is 17.8 Å². The highest BCUT2D eigenvalue weighted by Gasteiger charge is 2.36. The lowest BCUT2D eigenvalue weighted by molar-refractivity contribution is -0.118. The highest BCUT2D eigenvalue weighted by Crippen LogP contribution is 2.32. The van der Waals surface area contributed by atoms with Gasteiger partial charge in [-0.1, -0.05) is 23.7 Å². The number of anilines is 2. The summed E-state index contributed by atoms with van der Waals surface area (Å²) in [5.41, 5.74) is 2.15. The number of halogens is 1. The monoisotopic (exact) mass is 470 g/mol. The maximum Gasteiger partial charge on any atom is 0.273 e. The van der Waals surface area contributed by atoms with Crippen LogP contribution in [-0.4, -0.2) is 69.8 Å². The number of rotatable bonds is 7. The maximum atomic E-state index is 13.1. The Morgan fingerprint density at radius 3 is 2.39 bits per heavy atom. The van der Waals surface area contributed by atoms with Crippen LogP contribution in [0, 0.1) is 0 Å². The van der Waals surface area contributed by atoms with Crippen LogP contribution in [0.4, 0.5) is 11.8 Å². The van der Waals surface area contributed by atoms with Crippen LogP contribution in [0.5, 0.6) is 0 Å². The van der Waals surface area contributed by atoms with E-state index in [0.717, 1.165) is 24.0 Å². The molecular weight excluding hydrogens is 440 g/mol. The zero-order valence-corrected chi connectivity index (χ0v) is 20.4. The van der Waals surface area contributed by atoms with Crippen molar-refractivity contribution in [1.82, 2.24) is 19.8 Å². The topological polar surface area (TPSA) is 81.7 Å². The second-order valence-electron chi connectivity index (χ2n) is 9.67. The van der Waals surface area contributed by atoms with Gasteiger partial charge in [0.2, 0.25) is 12.4 Å². The smallest absolute Gasteiger partial charge is 0.273 e. The number of fused-ring (bicyclic) bond motifs is 1. The van der Waals surface area contributed by atoms with E-state index >= 15 is 0 Å². The summed E-state index contributed by atoms with van der Waals surface area (Å²) in [7, 11) is 0. The molecule has 9 heteroatoms. The molecule has 176 valence electrons. The number of amides is 2. The minimum absolute atomic E-state index is 0.0614. The van der Waals surface area contributed by atoms with Gasteiger partial charge in [0.25, 0.3) is 5.91 Å². The molecule has 4 rings (SSSR count). The van der Waals surface area contributed by atoms with E-state index in [1.54, 1.807) is 4.90 Å². The number of benzene rings is 1. The summed E-state index contributed by atoms with van der Waals surface area (Å²) in [6.07, 6.45) is 1.63. The van der Waals surface area contributed by atoms with Gasteiger partial charge in [-0.15, -0.1) is 0 Å². The Balaban J connectivity index is 1.65. The van der Waals surface area contributed by atoms with Crippen molar-refractivity contribution in [3.63, 3.8) is 0 Å². The molecule has 2 aliphatic rings. The van der Waals surface area contributed by atoms with Gasteiger partial charge in [0, 0.05) is 48.3 Å². The number of nitrogens with one attached hydrogen (secondary N) is 1. The van der Waals surface area contributed by atoms with Crippen LogP contribution < -0.4 is 10.2 Å². The van der Waals surface area contributed by atoms with E-state index < -0.39 is 0 Å². The third-order valence-corrected chi connectivity index (χ3v) is 6.42. The van der Waals surface area contributed by atoms with Crippen molar-refractivity contribution in [2.24, 2.45) is 0 Å².